The van der Waals surface area contributed by atoms with Crippen LogP contribution in [0.3, 0.4) is 0 Å². The van der Waals surface area contributed by atoms with Crippen LogP contribution >= 0.6 is 0 Å². The van der Waals surface area contributed by atoms with Crippen molar-refractivity contribution >= 4 is 35.7 Å². The molecule has 0 saturated carbocycles. The number of nitrogens with zero attached hydrogens (tertiary/aromatic N) is 4. The molecule has 4 rings (SSSR count). The molecule has 3 aromatic carbocycles. The lowest BCUT2D eigenvalue weighted by atomic mass is 10.0. The van der Waals surface area contributed by atoms with Gasteiger partial charge in [0, 0.05) is 50.7 Å². The van der Waals surface area contributed by atoms with Crippen molar-refractivity contribution in [1.82, 2.24) is 10.2 Å². The minimum Gasteiger partial charge on any atom is -0.378 e. The summed E-state index contributed by atoms with van der Waals surface area (Å²) in [5, 5.41) is 8.82. The molecular formula is C30H29FN4. The number of rotatable bonds is 7. The predicted octanol–water partition coefficient (Wildman–Crippen LogP) is 6.76. The van der Waals surface area contributed by atoms with Gasteiger partial charge in [0.05, 0.1) is 11.4 Å². The SMILES string of the molecule is CN(C)c1ccc(/C=C/c2cc(-c3ccccc3F)c(/C=C/c3ccc(N(C)C)cc3)nn2)cc1. The summed E-state index contributed by atoms with van der Waals surface area (Å²) >= 11 is 0. The summed E-state index contributed by atoms with van der Waals surface area (Å²) in [6.45, 7) is 0. The van der Waals surface area contributed by atoms with Crippen LogP contribution in [-0.4, -0.2) is 38.4 Å². The summed E-state index contributed by atoms with van der Waals surface area (Å²) in [5.74, 6) is -0.292. The van der Waals surface area contributed by atoms with E-state index in [0.29, 0.717) is 22.5 Å². The van der Waals surface area contributed by atoms with Crippen LogP contribution in [0.2, 0.25) is 0 Å². The molecule has 0 fully saturated rings. The van der Waals surface area contributed by atoms with E-state index < -0.39 is 0 Å². The largest absolute Gasteiger partial charge is 0.378 e. The fourth-order valence-corrected chi connectivity index (χ4v) is 3.64. The van der Waals surface area contributed by atoms with Crippen LogP contribution < -0.4 is 9.80 Å². The van der Waals surface area contributed by atoms with E-state index in [-0.39, 0.29) is 5.82 Å². The van der Waals surface area contributed by atoms with Crippen LogP contribution in [-0.2, 0) is 0 Å². The lowest BCUT2D eigenvalue weighted by Crippen LogP contribution is -2.07. The van der Waals surface area contributed by atoms with Crippen molar-refractivity contribution in [2.75, 3.05) is 38.0 Å². The average molecular weight is 465 g/mol. The highest BCUT2D eigenvalue weighted by Gasteiger charge is 2.11. The van der Waals surface area contributed by atoms with Gasteiger partial charge in [-0.05, 0) is 59.7 Å². The third kappa shape index (κ3) is 6.01. The molecule has 0 unspecified atom stereocenters. The highest BCUT2D eigenvalue weighted by molar-refractivity contribution is 5.81. The van der Waals surface area contributed by atoms with Gasteiger partial charge in [-0.25, -0.2) is 4.39 Å². The second-order valence-corrected chi connectivity index (χ2v) is 8.69. The molecule has 0 saturated heterocycles. The third-order valence-corrected chi connectivity index (χ3v) is 5.70. The Kier molecular flexibility index (Phi) is 7.36. The minimum atomic E-state index is -0.292. The molecule has 0 aliphatic rings. The zero-order chi connectivity index (χ0) is 24.8. The molecule has 0 spiro atoms. The summed E-state index contributed by atoms with van der Waals surface area (Å²) in [5.41, 5.74) is 6.80. The standard InChI is InChI=1S/C30H29FN4/c1-34(2)25-16-10-22(11-17-25)9-15-24-21-28(27-7-5-6-8-29(27)31)30(33-32-24)20-14-23-12-18-26(19-13-23)35(3)4/h5-21H,1-4H3/b15-9+,20-14+. The molecule has 0 aliphatic carbocycles. The first-order chi connectivity index (χ1) is 16.9. The van der Waals surface area contributed by atoms with Crippen molar-refractivity contribution in [3.8, 4) is 11.1 Å². The Balaban J connectivity index is 1.66. The van der Waals surface area contributed by atoms with Gasteiger partial charge in [-0.1, -0.05) is 54.6 Å². The highest BCUT2D eigenvalue weighted by atomic mass is 19.1. The van der Waals surface area contributed by atoms with Crippen LogP contribution in [0.1, 0.15) is 22.5 Å². The van der Waals surface area contributed by atoms with Gasteiger partial charge in [0.2, 0.25) is 0 Å². The summed E-state index contributed by atoms with van der Waals surface area (Å²) in [6.07, 6.45) is 7.73. The monoisotopic (exact) mass is 464 g/mol. The van der Waals surface area contributed by atoms with E-state index in [4.69, 9.17) is 0 Å². The lowest BCUT2D eigenvalue weighted by molar-refractivity contribution is 0.631. The first kappa shape index (κ1) is 23.9. The zero-order valence-corrected chi connectivity index (χ0v) is 20.5. The van der Waals surface area contributed by atoms with Gasteiger partial charge in [0.25, 0.3) is 0 Å². The van der Waals surface area contributed by atoms with Crippen LogP contribution in [0, 0.1) is 5.82 Å². The van der Waals surface area contributed by atoms with Crippen molar-refractivity contribution < 1.29 is 4.39 Å². The van der Waals surface area contributed by atoms with Gasteiger partial charge in [-0.2, -0.15) is 5.10 Å². The van der Waals surface area contributed by atoms with Crippen molar-refractivity contribution in [1.29, 1.82) is 0 Å². The predicted molar refractivity (Wildman–Crippen MR) is 147 cm³/mol. The first-order valence-corrected chi connectivity index (χ1v) is 11.4. The molecule has 5 heteroatoms. The molecule has 0 atom stereocenters. The molecule has 0 radical (unpaired) electrons. The minimum absolute atomic E-state index is 0.292. The third-order valence-electron chi connectivity index (χ3n) is 5.70. The van der Waals surface area contributed by atoms with E-state index >= 15 is 0 Å². The fraction of sp³-hybridized carbons (Fsp3) is 0.133. The zero-order valence-electron chi connectivity index (χ0n) is 20.5. The second-order valence-electron chi connectivity index (χ2n) is 8.69. The molecule has 0 bridgehead atoms. The van der Waals surface area contributed by atoms with Gasteiger partial charge in [0.1, 0.15) is 5.82 Å². The molecule has 4 aromatic rings. The van der Waals surface area contributed by atoms with E-state index in [2.05, 4.69) is 56.4 Å². The van der Waals surface area contributed by atoms with Crippen LogP contribution in [0.4, 0.5) is 15.8 Å². The fourth-order valence-electron chi connectivity index (χ4n) is 3.64. The topological polar surface area (TPSA) is 32.3 Å². The molecular weight excluding hydrogens is 435 g/mol. The van der Waals surface area contributed by atoms with Gasteiger partial charge in [-0.15, -0.1) is 5.10 Å². The Morgan fingerprint density at radius 3 is 1.69 bits per heavy atom. The number of benzene rings is 3. The quantitative estimate of drug-likeness (QED) is 0.303. The van der Waals surface area contributed by atoms with E-state index in [0.717, 1.165) is 22.5 Å². The molecule has 0 amide bonds. The highest BCUT2D eigenvalue weighted by Crippen LogP contribution is 2.27. The van der Waals surface area contributed by atoms with E-state index in [1.165, 1.54) is 6.07 Å². The van der Waals surface area contributed by atoms with Crippen molar-refractivity contribution in [2.24, 2.45) is 0 Å². The molecule has 4 nitrogen and oxygen atoms in total. The average Bonchev–Trinajstić information content (AvgIpc) is 2.87. The van der Waals surface area contributed by atoms with Gasteiger partial charge in [0.15, 0.2) is 0 Å². The van der Waals surface area contributed by atoms with E-state index in [1.54, 1.807) is 12.1 Å². The van der Waals surface area contributed by atoms with Crippen molar-refractivity contribution in [3.63, 3.8) is 0 Å². The normalized spacial score (nSPS) is 11.3. The summed E-state index contributed by atoms with van der Waals surface area (Å²) in [7, 11) is 8.05. The summed E-state index contributed by atoms with van der Waals surface area (Å²) < 4.78 is 14.7. The van der Waals surface area contributed by atoms with E-state index in [9.17, 15) is 4.39 Å². The van der Waals surface area contributed by atoms with Crippen molar-refractivity contribution in [3.05, 3.63) is 107 Å². The number of hydrogen-bond acceptors (Lipinski definition) is 4. The maximum Gasteiger partial charge on any atom is 0.131 e. The Hall–Kier alpha value is -4.25. The molecule has 0 aliphatic heterocycles. The molecule has 0 N–H and O–H groups in total. The summed E-state index contributed by atoms with van der Waals surface area (Å²) in [6, 6.07) is 25.1. The Bertz CT molecular complexity index is 1340. The number of aromatic nitrogens is 2. The Morgan fingerprint density at radius 1 is 0.600 bits per heavy atom. The molecule has 1 heterocycles. The Labute approximate surface area is 206 Å². The number of hydrogen-bond donors (Lipinski definition) is 0. The maximum atomic E-state index is 14.7. The van der Waals surface area contributed by atoms with Crippen molar-refractivity contribution in [2.45, 2.75) is 0 Å². The van der Waals surface area contributed by atoms with E-state index in [1.807, 2.05) is 76.8 Å². The maximum absolute atomic E-state index is 14.7. The van der Waals surface area contributed by atoms with Gasteiger partial charge < -0.3 is 9.80 Å². The Morgan fingerprint density at radius 2 is 1.14 bits per heavy atom. The smallest absolute Gasteiger partial charge is 0.131 e. The van der Waals surface area contributed by atoms with Gasteiger partial charge in [-0.3, -0.25) is 0 Å². The van der Waals surface area contributed by atoms with Gasteiger partial charge >= 0.3 is 0 Å². The molecule has 176 valence electrons. The second kappa shape index (κ2) is 10.8. The molecule has 1 aromatic heterocycles. The number of anilines is 2. The van der Waals surface area contributed by atoms with Crippen LogP contribution in [0.25, 0.3) is 35.4 Å². The molecule has 35 heavy (non-hydrogen) atoms. The number of halogens is 1. The summed E-state index contributed by atoms with van der Waals surface area (Å²) in [4.78, 5) is 4.11. The van der Waals surface area contributed by atoms with Crippen LogP contribution in [0.5, 0.6) is 0 Å². The first-order valence-electron chi connectivity index (χ1n) is 11.4. The van der Waals surface area contributed by atoms with Crippen LogP contribution in [0.15, 0.2) is 78.9 Å². The lowest BCUT2D eigenvalue weighted by Gasteiger charge is -2.12.